The van der Waals surface area contributed by atoms with Crippen LogP contribution < -0.4 is 14.4 Å². The van der Waals surface area contributed by atoms with Gasteiger partial charge >= 0.3 is 0 Å². The molecule has 2 bridgehead atoms. The van der Waals surface area contributed by atoms with Crippen molar-refractivity contribution in [2.75, 3.05) is 38.8 Å². The van der Waals surface area contributed by atoms with E-state index in [9.17, 15) is 0 Å². The van der Waals surface area contributed by atoms with Crippen molar-refractivity contribution in [3.05, 3.63) is 42.2 Å². The minimum absolute atomic E-state index is 0.412. The van der Waals surface area contributed by atoms with E-state index in [4.69, 9.17) is 9.47 Å². The highest BCUT2D eigenvalue weighted by atomic mass is 16.5. The van der Waals surface area contributed by atoms with Crippen molar-refractivity contribution in [2.45, 2.75) is 30.8 Å². The maximum absolute atomic E-state index is 5.71. The van der Waals surface area contributed by atoms with E-state index in [-0.39, 0.29) is 0 Å². The number of anilines is 1. The molecule has 5 heterocycles. The normalized spacial score (nSPS) is 31.6. The van der Waals surface area contributed by atoms with E-state index in [1.807, 2.05) is 6.07 Å². The van der Waals surface area contributed by atoms with Gasteiger partial charge in [-0.3, -0.25) is 4.90 Å². The van der Waals surface area contributed by atoms with E-state index < -0.39 is 0 Å². The first-order chi connectivity index (χ1) is 13.3. The lowest BCUT2D eigenvalue weighted by atomic mass is 9.75. The molecule has 0 saturated carbocycles. The maximum Gasteiger partial charge on any atom is 0.218 e. The van der Waals surface area contributed by atoms with Gasteiger partial charge in [0, 0.05) is 36.2 Å². The van der Waals surface area contributed by atoms with Crippen LogP contribution in [-0.2, 0) is 0 Å². The molecule has 142 valence electrons. The largest absolute Gasteiger partial charge is 0.496 e. The Kier molecular flexibility index (Phi) is 4.16. The molecule has 0 N–H and O–H groups in total. The van der Waals surface area contributed by atoms with Crippen LogP contribution in [0.1, 0.15) is 24.3 Å². The summed E-state index contributed by atoms with van der Waals surface area (Å²) >= 11 is 0. The highest BCUT2D eigenvalue weighted by Crippen LogP contribution is 2.49. The lowest BCUT2D eigenvalue weighted by molar-refractivity contribution is 0.0352. The molecule has 0 aliphatic carbocycles. The second-order valence-corrected chi connectivity index (χ2v) is 7.77. The number of fused-ring (bicyclic) bond motifs is 2. The van der Waals surface area contributed by atoms with Gasteiger partial charge in [0.1, 0.15) is 17.9 Å². The first-order valence-electron chi connectivity index (χ1n) is 9.80. The predicted molar refractivity (Wildman–Crippen MR) is 104 cm³/mol. The molecule has 0 radical (unpaired) electrons. The minimum Gasteiger partial charge on any atom is -0.496 e. The molecule has 4 saturated heterocycles. The second kappa shape index (κ2) is 6.68. The van der Waals surface area contributed by atoms with Gasteiger partial charge in [0.2, 0.25) is 5.88 Å². The topological polar surface area (TPSA) is 50.7 Å². The third kappa shape index (κ3) is 2.65. The van der Waals surface area contributed by atoms with E-state index >= 15 is 0 Å². The first-order valence-corrected chi connectivity index (χ1v) is 9.80. The smallest absolute Gasteiger partial charge is 0.218 e. The van der Waals surface area contributed by atoms with Crippen molar-refractivity contribution in [3.8, 4) is 11.6 Å². The summed E-state index contributed by atoms with van der Waals surface area (Å²) in [6.45, 7) is 3.36. The second-order valence-electron chi connectivity index (χ2n) is 7.77. The quantitative estimate of drug-likeness (QED) is 0.829. The third-order valence-electron chi connectivity index (χ3n) is 6.66. The molecule has 0 unspecified atom stereocenters. The molecule has 3 atom stereocenters. The van der Waals surface area contributed by atoms with E-state index in [2.05, 4.69) is 44.0 Å². The summed E-state index contributed by atoms with van der Waals surface area (Å²) < 4.78 is 11.1. The van der Waals surface area contributed by atoms with Crippen molar-refractivity contribution in [3.63, 3.8) is 0 Å². The van der Waals surface area contributed by atoms with Crippen LogP contribution in [0.2, 0.25) is 0 Å². The molecule has 1 aromatic heterocycles. The molecule has 6 heteroatoms. The molecule has 4 fully saturated rings. The summed E-state index contributed by atoms with van der Waals surface area (Å²) in [6, 6.07) is 11.5. The van der Waals surface area contributed by atoms with Gasteiger partial charge in [-0.15, -0.1) is 0 Å². The summed E-state index contributed by atoms with van der Waals surface area (Å²) in [5.41, 5.74) is 1.31. The Morgan fingerprint density at radius 3 is 2.59 bits per heavy atom. The zero-order chi connectivity index (χ0) is 18.4. The van der Waals surface area contributed by atoms with Gasteiger partial charge in [0.25, 0.3) is 0 Å². The number of methoxy groups -OCH3 is 2. The maximum atomic E-state index is 5.71. The van der Waals surface area contributed by atoms with E-state index in [1.165, 1.54) is 31.5 Å². The number of nitrogens with zero attached hydrogens (tertiary/aromatic N) is 4. The van der Waals surface area contributed by atoms with Gasteiger partial charge in [-0.2, -0.15) is 0 Å². The van der Waals surface area contributed by atoms with Crippen molar-refractivity contribution in [2.24, 2.45) is 5.92 Å². The van der Waals surface area contributed by atoms with Gasteiger partial charge in [-0.25, -0.2) is 9.97 Å². The zero-order valence-electron chi connectivity index (χ0n) is 15.9. The summed E-state index contributed by atoms with van der Waals surface area (Å²) in [5.74, 6) is 3.73. The average Bonchev–Trinajstić information content (AvgIpc) is 3.17. The Labute approximate surface area is 160 Å². The zero-order valence-corrected chi connectivity index (χ0v) is 15.9. The molecule has 2 aromatic rings. The molecule has 27 heavy (non-hydrogen) atoms. The monoisotopic (exact) mass is 366 g/mol. The van der Waals surface area contributed by atoms with Crippen molar-refractivity contribution < 1.29 is 9.47 Å². The number of benzene rings is 1. The summed E-state index contributed by atoms with van der Waals surface area (Å²) in [7, 11) is 3.43. The molecular formula is C21H26N4O2. The number of ether oxygens (including phenoxy) is 2. The van der Waals surface area contributed by atoms with Crippen LogP contribution in [0.25, 0.3) is 0 Å². The number of hydrogen-bond donors (Lipinski definition) is 0. The predicted octanol–water partition coefficient (Wildman–Crippen LogP) is 2.56. The van der Waals surface area contributed by atoms with Gasteiger partial charge < -0.3 is 14.4 Å². The van der Waals surface area contributed by atoms with Crippen LogP contribution in [0, 0.1) is 5.92 Å². The number of rotatable bonds is 4. The van der Waals surface area contributed by atoms with Gasteiger partial charge in [0.15, 0.2) is 0 Å². The molecule has 0 amide bonds. The number of para-hydroxylation sites is 1. The van der Waals surface area contributed by atoms with Crippen molar-refractivity contribution >= 4 is 5.82 Å². The standard InChI is InChI=1S/C21H26N4O2/c1-26-17-6-4-3-5-15(17)16-12-25(18-11-19(27-2)23-13-22-18)20-14-7-9-24(10-8-14)21(16)20/h3-6,11,13-14,16,20-21H,7-10,12H2,1-2H3/t16-,20+,21+/m0/s1. The highest BCUT2D eigenvalue weighted by Gasteiger charge is 2.54. The van der Waals surface area contributed by atoms with Crippen LogP contribution in [-0.4, -0.2) is 60.8 Å². The lowest BCUT2D eigenvalue weighted by Crippen LogP contribution is -2.60. The molecule has 0 spiro atoms. The number of aromatic nitrogens is 2. The van der Waals surface area contributed by atoms with Crippen LogP contribution >= 0.6 is 0 Å². The van der Waals surface area contributed by atoms with Crippen molar-refractivity contribution in [1.82, 2.24) is 14.9 Å². The van der Waals surface area contributed by atoms with Gasteiger partial charge in [0.05, 0.1) is 14.2 Å². The summed E-state index contributed by atoms with van der Waals surface area (Å²) in [4.78, 5) is 14.0. The van der Waals surface area contributed by atoms with Crippen LogP contribution in [0.3, 0.4) is 0 Å². The third-order valence-corrected chi connectivity index (χ3v) is 6.66. The highest BCUT2D eigenvalue weighted by molar-refractivity contribution is 5.50. The Bertz CT molecular complexity index is 821. The number of piperidine rings is 3. The van der Waals surface area contributed by atoms with Gasteiger partial charge in [-0.1, -0.05) is 18.2 Å². The average molecular weight is 366 g/mol. The SMILES string of the molecule is COc1cc(N2C[C@@H](c3ccccc3OC)[C@@H]3[C@H]2C2CCN3CC2)ncn1. The lowest BCUT2D eigenvalue weighted by Gasteiger charge is -2.51. The van der Waals surface area contributed by atoms with E-state index in [1.54, 1.807) is 20.5 Å². The van der Waals surface area contributed by atoms with Crippen LogP contribution in [0.5, 0.6) is 11.6 Å². The Balaban J connectivity index is 1.57. The van der Waals surface area contributed by atoms with E-state index in [0.717, 1.165) is 24.0 Å². The fourth-order valence-electron chi connectivity index (χ4n) is 5.53. The molecule has 6 rings (SSSR count). The number of hydrogen-bond acceptors (Lipinski definition) is 6. The Morgan fingerprint density at radius 1 is 1.00 bits per heavy atom. The van der Waals surface area contributed by atoms with Crippen LogP contribution in [0.4, 0.5) is 5.82 Å². The molecule has 1 aromatic carbocycles. The van der Waals surface area contributed by atoms with Gasteiger partial charge in [-0.05, 0) is 37.9 Å². The Hall–Kier alpha value is -2.34. The first kappa shape index (κ1) is 16.8. The molecule has 4 aliphatic rings. The van der Waals surface area contributed by atoms with Crippen LogP contribution in [0.15, 0.2) is 36.7 Å². The van der Waals surface area contributed by atoms with Crippen molar-refractivity contribution in [1.29, 1.82) is 0 Å². The fraction of sp³-hybridized carbons (Fsp3) is 0.524. The molecule has 4 aliphatic heterocycles. The fourth-order valence-corrected chi connectivity index (χ4v) is 5.53. The molecular weight excluding hydrogens is 340 g/mol. The summed E-state index contributed by atoms with van der Waals surface area (Å²) in [6.07, 6.45) is 4.16. The van der Waals surface area contributed by atoms with E-state index in [0.29, 0.717) is 23.9 Å². The summed E-state index contributed by atoms with van der Waals surface area (Å²) in [5, 5.41) is 0. The Morgan fingerprint density at radius 2 is 1.81 bits per heavy atom. The minimum atomic E-state index is 0.412. The molecule has 6 nitrogen and oxygen atoms in total.